The molecule has 4 saturated carbocycles. The van der Waals surface area contributed by atoms with Crippen LogP contribution in [0, 0.1) is 23.2 Å². The van der Waals surface area contributed by atoms with Crippen molar-refractivity contribution in [2.75, 3.05) is 0 Å². The second-order valence-electron chi connectivity index (χ2n) is 10.7. The standard InChI is InChI=1S/C27H32N2O3/c1-26(2,20-8-10-22(11-9-20)32-21-6-4-3-5-7-21)25(31)29-23-18-12-17-13-19(23)16-27(14-17,15-18)24(28)30/h3-11,17-19,23H,12-16H2,1-2H3,(H2,28,30)(H,29,31). The van der Waals surface area contributed by atoms with Crippen molar-refractivity contribution in [3.63, 3.8) is 0 Å². The first-order valence-corrected chi connectivity index (χ1v) is 11.7. The predicted octanol–water partition coefficient (Wildman–Crippen LogP) is 4.55. The number of amides is 2. The fourth-order valence-electron chi connectivity index (χ4n) is 6.59. The Hall–Kier alpha value is -2.82. The molecule has 3 N–H and O–H groups in total. The Bertz CT molecular complexity index is 999. The molecule has 5 nitrogen and oxygen atoms in total. The van der Waals surface area contributed by atoms with Crippen molar-refractivity contribution in [2.24, 2.45) is 28.9 Å². The van der Waals surface area contributed by atoms with Crippen molar-refractivity contribution in [1.29, 1.82) is 0 Å². The van der Waals surface area contributed by atoms with Gasteiger partial charge in [0, 0.05) is 11.5 Å². The molecule has 2 unspecified atom stereocenters. The minimum absolute atomic E-state index is 0.0415. The maximum Gasteiger partial charge on any atom is 0.230 e. The smallest absolute Gasteiger partial charge is 0.230 e. The normalized spacial score (nSPS) is 30.7. The summed E-state index contributed by atoms with van der Waals surface area (Å²) < 4.78 is 5.88. The molecule has 4 aliphatic rings. The van der Waals surface area contributed by atoms with E-state index in [1.165, 1.54) is 0 Å². The van der Waals surface area contributed by atoms with Crippen LogP contribution < -0.4 is 15.8 Å². The summed E-state index contributed by atoms with van der Waals surface area (Å²) in [4.78, 5) is 25.6. The number of benzene rings is 2. The average molecular weight is 433 g/mol. The Labute approximate surface area is 189 Å². The van der Waals surface area contributed by atoms with Gasteiger partial charge in [-0.3, -0.25) is 9.59 Å². The summed E-state index contributed by atoms with van der Waals surface area (Å²) in [5.41, 5.74) is 5.76. The number of carbonyl (C=O) groups is 2. The summed E-state index contributed by atoms with van der Waals surface area (Å²) in [5, 5.41) is 3.39. The molecule has 4 aliphatic carbocycles. The van der Waals surface area contributed by atoms with Crippen molar-refractivity contribution in [3.05, 3.63) is 60.2 Å². The van der Waals surface area contributed by atoms with Gasteiger partial charge >= 0.3 is 0 Å². The van der Waals surface area contributed by atoms with E-state index in [1.807, 2.05) is 68.4 Å². The van der Waals surface area contributed by atoms with E-state index in [0.29, 0.717) is 17.8 Å². The van der Waals surface area contributed by atoms with Crippen LogP contribution in [0.5, 0.6) is 11.5 Å². The van der Waals surface area contributed by atoms with Gasteiger partial charge in [0.15, 0.2) is 0 Å². The number of ether oxygens (including phenoxy) is 1. The van der Waals surface area contributed by atoms with Crippen LogP contribution in [0.15, 0.2) is 54.6 Å². The number of hydrogen-bond donors (Lipinski definition) is 2. The number of nitrogens with two attached hydrogens (primary N) is 1. The van der Waals surface area contributed by atoms with Gasteiger partial charge in [0.2, 0.25) is 11.8 Å². The first-order valence-electron chi connectivity index (χ1n) is 11.7. The fourth-order valence-corrected chi connectivity index (χ4v) is 6.59. The van der Waals surface area contributed by atoms with Crippen LogP contribution in [0.25, 0.3) is 0 Å². The number of primary amides is 1. The summed E-state index contributed by atoms with van der Waals surface area (Å²) in [5.74, 6) is 2.73. The molecule has 32 heavy (non-hydrogen) atoms. The Balaban J connectivity index is 1.28. The molecule has 2 aromatic carbocycles. The van der Waals surface area contributed by atoms with E-state index >= 15 is 0 Å². The van der Waals surface area contributed by atoms with Crippen molar-refractivity contribution in [3.8, 4) is 11.5 Å². The molecule has 2 aromatic rings. The quantitative estimate of drug-likeness (QED) is 0.702. The third-order valence-electron chi connectivity index (χ3n) is 8.22. The van der Waals surface area contributed by atoms with Crippen molar-refractivity contribution < 1.29 is 14.3 Å². The molecule has 0 aromatic heterocycles. The molecule has 0 aliphatic heterocycles. The Morgan fingerprint density at radius 3 is 2.12 bits per heavy atom. The fraction of sp³-hybridized carbons (Fsp3) is 0.481. The molecule has 0 heterocycles. The predicted molar refractivity (Wildman–Crippen MR) is 123 cm³/mol. The second kappa shape index (κ2) is 7.65. The molecule has 0 saturated heterocycles. The molecule has 4 fully saturated rings. The summed E-state index contributed by atoms with van der Waals surface area (Å²) in [6, 6.07) is 17.6. The highest BCUT2D eigenvalue weighted by Gasteiger charge is 2.58. The molecular weight excluding hydrogens is 400 g/mol. The van der Waals surface area contributed by atoms with Gasteiger partial charge in [0.1, 0.15) is 11.5 Å². The SMILES string of the molecule is CC(C)(C(=O)NC1C2CC3CC1CC(C(N)=O)(C3)C2)c1ccc(Oc2ccccc2)cc1. The summed E-state index contributed by atoms with van der Waals surface area (Å²) in [6.45, 7) is 3.94. The highest BCUT2D eigenvalue weighted by atomic mass is 16.5. The topological polar surface area (TPSA) is 81.4 Å². The minimum atomic E-state index is -0.665. The average Bonchev–Trinajstić information content (AvgIpc) is 2.76. The molecule has 6 rings (SSSR count). The lowest BCUT2D eigenvalue weighted by Gasteiger charge is -2.59. The van der Waals surface area contributed by atoms with Crippen LogP contribution in [0.4, 0.5) is 0 Å². The zero-order valence-electron chi connectivity index (χ0n) is 18.8. The van der Waals surface area contributed by atoms with Crippen molar-refractivity contribution >= 4 is 11.8 Å². The third kappa shape index (κ3) is 3.58. The monoisotopic (exact) mass is 432 g/mol. The highest BCUT2D eigenvalue weighted by Crippen LogP contribution is 2.60. The van der Waals surface area contributed by atoms with Gasteiger partial charge in [0.05, 0.1) is 5.41 Å². The molecule has 0 spiro atoms. The van der Waals surface area contributed by atoms with Crippen LogP contribution in [0.3, 0.4) is 0 Å². The van der Waals surface area contributed by atoms with Crippen molar-refractivity contribution in [1.82, 2.24) is 5.32 Å². The maximum atomic E-state index is 13.4. The Kier molecular flexibility index (Phi) is 5.03. The van der Waals surface area contributed by atoms with E-state index in [4.69, 9.17) is 10.5 Å². The number of para-hydroxylation sites is 1. The third-order valence-corrected chi connectivity index (χ3v) is 8.22. The first-order chi connectivity index (χ1) is 15.3. The largest absolute Gasteiger partial charge is 0.457 e. The van der Waals surface area contributed by atoms with Crippen molar-refractivity contribution in [2.45, 2.75) is 57.4 Å². The lowest BCUT2D eigenvalue weighted by atomic mass is 9.47. The van der Waals surface area contributed by atoms with Crippen LogP contribution >= 0.6 is 0 Å². The molecule has 4 bridgehead atoms. The molecule has 5 heteroatoms. The van der Waals surface area contributed by atoms with E-state index in [-0.39, 0.29) is 23.3 Å². The zero-order valence-corrected chi connectivity index (χ0v) is 18.8. The molecule has 0 radical (unpaired) electrons. The highest BCUT2D eigenvalue weighted by molar-refractivity contribution is 5.88. The molecule has 168 valence electrons. The minimum Gasteiger partial charge on any atom is -0.457 e. The summed E-state index contributed by atoms with van der Waals surface area (Å²) in [6.07, 6.45) is 4.79. The lowest BCUT2D eigenvalue weighted by molar-refractivity contribution is -0.148. The summed E-state index contributed by atoms with van der Waals surface area (Å²) in [7, 11) is 0. The van der Waals surface area contributed by atoms with Crippen LogP contribution in [-0.2, 0) is 15.0 Å². The lowest BCUT2D eigenvalue weighted by Crippen LogP contribution is -2.63. The first kappa shape index (κ1) is 21.0. The number of hydrogen-bond acceptors (Lipinski definition) is 3. The summed E-state index contributed by atoms with van der Waals surface area (Å²) >= 11 is 0. The van der Waals surface area contributed by atoms with Gasteiger partial charge in [-0.05, 0) is 93.5 Å². The van der Waals surface area contributed by atoms with E-state index in [9.17, 15) is 9.59 Å². The molecule has 2 amide bonds. The number of nitrogens with one attached hydrogen (secondary N) is 1. The Morgan fingerprint density at radius 1 is 0.938 bits per heavy atom. The molecular formula is C27H32N2O3. The van der Waals surface area contributed by atoms with Gasteiger partial charge in [0.25, 0.3) is 0 Å². The number of rotatable bonds is 6. The van der Waals surface area contributed by atoms with Crippen LogP contribution in [-0.4, -0.2) is 17.9 Å². The Morgan fingerprint density at radius 2 is 1.53 bits per heavy atom. The maximum absolute atomic E-state index is 13.4. The van der Waals surface area contributed by atoms with Crippen LogP contribution in [0.2, 0.25) is 0 Å². The van der Waals surface area contributed by atoms with Gasteiger partial charge in [-0.2, -0.15) is 0 Å². The van der Waals surface area contributed by atoms with E-state index in [0.717, 1.165) is 49.2 Å². The van der Waals surface area contributed by atoms with Gasteiger partial charge in [-0.1, -0.05) is 30.3 Å². The van der Waals surface area contributed by atoms with Crippen LogP contribution in [0.1, 0.15) is 51.5 Å². The number of carbonyl (C=O) groups excluding carboxylic acids is 2. The van der Waals surface area contributed by atoms with E-state index < -0.39 is 5.41 Å². The zero-order chi connectivity index (χ0) is 22.5. The van der Waals surface area contributed by atoms with Gasteiger partial charge < -0.3 is 15.8 Å². The second-order valence-corrected chi connectivity index (χ2v) is 10.7. The van der Waals surface area contributed by atoms with E-state index in [1.54, 1.807) is 0 Å². The van der Waals surface area contributed by atoms with Gasteiger partial charge in [-0.25, -0.2) is 0 Å². The molecule has 2 atom stereocenters. The van der Waals surface area contributed by atoms with Gasteiger partial charge in [-0.15, -0.1) is 0 Å². The van der Waals surface area contributed by atoms with E-state index in [2.05, 4.69) is 5.32 Å².